The highest BCUT2D eigenvalue weighted by Crippen LogP contribution is 2.42. The lowest BCUT2D eigenvalue weighted by Crippen LogP contribution is -2.47. The van der Waals surface area contributed by atoms with E-state index in [4.69, 9.17) is 0 Å². The molecular weight excluding hydrogens is 494 g/mol. The Hall–Kier alpha value is -4.64. The van der Waals surface area contributed by atoms with Gasteiger partial charge in [0, 0.05) is 18.3 Å². The number of unbranched alkanes of at least 4 members (excludes halogenated alkanes) is 1. The van der Waals surface area contributed by atoms with E-state index >= 15 is 0 Å². The molecule has 0 bridgehead atoms. The Bertz CT molecular complexity index is 1700. The van der Waals surface area contributed by atoms with Gasteiger partial charge in [-0.15, -0.1) is 0 Å². The van der Waals surface area contributed by atoms with Gasteiger partial charge in [0.05, 0.1) is 17.1 Å². The molecule has 0 N–H and O–H groups in total. The molecule has 5 aromatic rings. The van der Waals surface area contributed by atoms with E-state index in [1.165, 1.54) is 0 Å². The number of aromatic nitrogens is 1. The number of anilines is 1. The van der Waals surface area contributed by atoms with Gasteiger partial charge in [-0.25, -0.2) is 0 Å². The predicted molar refractivity (Wildman–Crippen MR) is 161 cm³/mol. The summed E-state index contributed by atoms with van der Waals surface area (Å²) in [6, 6.07) is 33.9. The fraction of sp³-hybridized carbons (Fsp3) is 0.200. The zero-order valence-corrected chi connectivity index (χ0v) is 23.0. The molecule has 0 radical (unpaired) electrons. The molecule has 2 heterocycles. The van der Waals surface area contributed by atoms with Gasteiger partial charge < -0.3 is 9.47 Å². The van der Waals surface area contributed by atoms with E-state index in [-0.39, 0.29) is 24.4 Å². The minimum Gasteiger partial charge on any atom is -0.329 e. The fourth-order valence-electron chi connectivity index (χ4n) is 5.76. The maximum Gasteiger partial charge on any atom is 0.254 e. The highest BCUT2D eigenvalue weighted by atomic mass is 16.2. The Balaban J connectivity index is 1.39. The van der Waals surface area contributed by atoms with Crippen LogP contribution < -0.4 is 4.90 Å². The fourth-order valence-corrected chi connectivity index (χ4v) is 5.76. The molecule has 40 heavy (non-hydrogen) atoms. The molecule has 0 spiro atoms. The highest BCUT2D eigenvalue weighted by molar-refractivity contribution is 6.04. The van der Waals surface area contributed by atoms with Crippen LogP contribution in [0.2, 0.25) is 0 Å². The summed E-state index contributed by atoms with van der Waals surface area (Å²) in [7, 11) is 0. The molecule has 0 aliphatic carbocycles. The molecule has 5 heteroatoms. The van der Waals surface area contributed by atoms with Crippen LogP contribution in [-0.2, 0) is 4.79 Å². The Kier molecular flexibility index (Phi) is 6.95. The van der Waals surface area contributed by atoms with E-state index in [2.05, 4.69) is 48.9 Å². The standard InChI is InChI=1S/C35H33N3O2/c1-3-4-20-36(35(40)29-19-18-26-12-5-6-13-27(26)23-29)24-33(39)38-31-16-8-7-15-30(31)37-21-10-17-32(37)34(38)28-14-9-11-25(2)22-28/h5-19,21-23,34H,3-4,20,24H2,1-2H3. The van der Waals surface area contributed by atoms with Crippen LogP contribution >= 0.6 is 0 Å². The molecule has 1 atom stereocenters. The first kappa shape index (κ1) is 25.6. The third-order valence-corrected chi connectivity index (χ3v) is 7.74. The number of carbonyl (C=O) groups excluding carboxylic acids is 2. The van der Waals surface area contributed by atoms with E-state index in [1.54, 1.807) is 4.90 Å². The van der Waals surface area contributed by atoms with E-state index in [0.29, 0.717) is 12.1 Å². The first-order valence-corrected chi connectivity index (χ1v) is 14.0. The summed E-state index contributed by atoms with van der Waals surface area (Å²) in [5.41, 5.74) is 5.61. The maximum atomic E-state index is 14.4. The lowest BCUT2D eigenvalue weighted by atomic mass is 9.96. The maximum absolute atomic E-state index is 14.4. The lowest BCUT2D eigenvalue weighted by molar-refractivity contribution is -0.119. The number of para-hydroxylation sites is 2. The summed E-state index contributed by atoms with van der Waals surface area (Å²) in [5, 5.41) is 2.10. The average Bonchev–Trinajstić information content (AvgIpc) is 3.48. The Labute approximate surface area is 235 Å². The van der Waals surface area contributed by atoms with E-state index in [0.717, 1.165) is 51.8 Å². The lowest BCUT2D eigenvalue weighted by Gasteiger charge is -2.39. The summed E-state index contributed by atoms with van der Waals surface area (Å²) < 4.78 is 2.17. The van der Waals surface area contributed by atoms with Crippen LogP contribution in [-0.4, -0.2) is 34.4 Å². The predicted octanol–water partition coefficient (Wildman–Crippen LogP) is 7.32. The molecule has 0 fully saturated rings. The third-order valence-electron chi connectivity index (χ3n) is 7.74. The number of carbonyl (C=O) groups is 2. The van der Waals surface area contributed by atoms with Gasteiger partial charge in [0.1, 0.15) is 12.6 Å². The van der Waals surface area contributed by atoms with Crippen LogP contribution in [0.4, 0.5) is 5.69 Å². The molecular formula is C35H33N3O2. The zero-order chi connectivity index (χ0) is 27.6. The summed E-state index contributed by atoms with van der Waals surface area (Å²) >= 11 is 0. The Morgan fingerprint density at radius 1 is 0.800 bits per heavy atom. The topological polar surface area (TPSA) is 45.6 Å². The summed E-state index contributed by atoms with van der Waals surface area (Å²) in [6.07, 6.45) is 3.81. The minimum atomic E-state index is -0.305. The number of hydrogen-bond donors (Lipinski definition) is 0. The normalized spacial score (nSPS) is 14.1. The number of hydrogen-bond acceptors (Lipinski definition) is 2. The molecule has 0 saturated heterocycles. The number of benzene rings is 4. The van der Waals surface area contributed by atoms with Crippen LogP contribution in [0.15, 0.2) is 109 Å². The van der Waals surface area contributed by atoms with Crippen molar-refractivity contribution in [2.45, 2.75) is 32.7 Å². The Morgan fingerprint density at radius 2 is 1.57 bits per heavy atom. The molecule has 4 aromatic carbocycles. The van der Waals surface area contributed by atoms with Crippen molar-refractivity contribution in [1.82, 2.24) is 9.47 Å². The SMILES string of the molecule is CCCCN(CC(=O)N1c2ccccc2-n2cccc2C1c1cccc(C)c1)C(=O)c1ccc2ccccc2c1. The number of amides is 2. The van der Waals surface area contributed by atoms with Crippen molar-refractivity contribution < 1.29 is 9.59 Å². The van der Waals surface area contributed by atoms with Gasteiger partial charge >= 0.3 is 0 Å². The van der Waals surface area contributed by atoms with Crippen LogP contribution in [0.3, 0.4) is 0 Å². The second kappa shape index (κ2) is 10.9. The molecule has 5 nitrogen and oxygen atoms in total. The summed E-state index contributed by atoms with van der Waals surface area (Å²) in [5.74, 6) is -0.218. The van der Waals surface area contributed by atoms with Gasteiger partial charge in [0.25, 0.3) is 5.91 Å². The van der Waals surface area contributed by atoms with Gasteiger partial charge in [-0.2, -0.15) is 0 Å². The van der Waals surface area contributed by atoms with Crippen molar-refractivity contribution in [2.24, 2.45) is 0 Å². The monoisotopic (exact) mass is 527 g/mol. The average molecular weight is 528 g/mol. The second-order valence-electron chi connectivity index (χ2n) is 10.5. The van der Waals surface area contributed by atoms with Crippen molar-refractivity contribution in [3.8, 4) is 5.69 Å². The number of nitrogens with zero attached hydrogens (tertiary/aromatic N) is 3. The molecule has 1 aliphatic heterocycles. The first-order valence-electron chi connectivity index (χ1n) is 14.0. The van der Waals surface area contributed by atoms with Gasteiger partial charge in [-0.3, -0.25) is 14.5 Å². The molecule has 6 rings (SSSR count). The third kappa shape index (κ3) is 4.68. The van der Waals surface area contributed by atoms with Crippen LogP contribution in [0.25, 0.3) is 16.5 Å². The smallest absolute Gasteiger partial charge is 0.254 e. The van der Waals surface area contributed by atoms with Crippen molar-refractivity contribution in [1.29, 1.82) is 0 Å². The number of aryl methyl sites for hydroxylation is 1. The molecule has 2 amide bonds. The summed E-state index contributed by atoms with van der Waals surface area (Å²) in [6.45, 7) is 4.70. The molecule has 1 aliphatic rings. The second-order valence-corrected chi connectivity index (χ2v) is 10.5. The molecule has 1 unspecified atom stereocenters. The van der Waals surface area contributed by atoms with Gasteiger partial charge in [-0.1, -0.05) is 85.6 Å². The van der Waals surface area contributed by atoms with Crippen molar-refractivity contribution in [3.63, 3.8) is 0 Å². The van der Waals surface area contributed by atoms with Crippen LogP contribution in [0.1, 0.15) is 53.0 Å². The first-order chi connectivity index (χ1) is 19.5. The van der Waals surface area contributed by atoms with E-state index in [1.807, 2.05) is 83.8 Å². The summed E-state index contributed by atoms with van der Waals surface area (Å²) in [4.78, 5) is 31.9. The van der Waals surface area contributed by atoms with Gasteiger partial charge in [0.2, 0.25) is 5.91 Å². The van der Waals surface area contributed by atoms with E-state index in [9.17, 15) is 9.59 Å². The number of rotatable bonds is 7. The van der Waals surface area contributed by atoms with Crippen LogP contribution in [0.5, 0.6) is 0 Å². The Morgan fingerprint density at radius 3 is 2.38 bits per heavy atom. The van der Waals surface area contributed by atoms with E-state index < -0.39 is 0 Å². The number of fused-ring (bicyclic) bond motifs is 4. The minimum absolute atomic E-state index is 0.00299. The van der Waals surface area contributed by atoms with Crippen LogP contribution in [0, 0.1) is 6.92 Å². The quantitative estimate of drug-likeness (QED) is 0.223. The largest absolute Gasteiger partial charge is 0.329 e. The molecule has 200 valence electrons. The van der Waals surface area contributed by atoms with Crippen molar-refractivity contribution >= 4 is 28.3 Å². The van der Waals surface area contributed by atoms with Gasteiger partial charge in [0.15, 0.2) is 0 Å². The molecule has 0 saturated carbocycles. The van der Waals surface area contributed by atoms with Gasteiger partial charge in [-0.05, 0) is 66.1 Å². The molecule has 1 aromatic heterocycles. The highest BCUT2D eigenvalue weighted by Gasteiger charge is 2.37. The zero-order valence-electron chi connectivity index (χ0n) is 23.0. The van der Waals surface area contributed by atoms with Crippen molar-refractivity contribution in [2.75, 3.05) is 18.0 Å². The van der Waals surface area contributed by atoms with Crippen molar-refractivity contribution in [3.05, 3.63) is 132 Å².